The molecular weight excluding hydrogens is 172 g/mol. The van der Waals surface area contributed by atoms with Gasteiger partial charge in [0.15, 0.2) is 5.89 Å². The van der Waals surface area contributed by atoms with E-state index in [-0.39, 0.29) is 11.7 Å². The van der Waals surface area contributed by atoms with Crippen molar-refractivity contribution in [2.75, 3.05) is 13.1 Å². The van der Waals surface area contributed by atoms with Crippen LogP contribution in [-0.4, -0.2) is 29.1 Å². The Hall–Kier alpha value is -1.36. The van der Waals surface area contributed by atoms with Crippen LogP contribution in [0.2, 0.25) is 0 Å². The van der Waals surface area contributed by atoms with Gasteiger partial charge in [-0.05, 0) is 13.0 Å². The van der Waals surface area contributed by atoms with E-state index in [1.807, 2.05) is 0 Å². The molecule has 1 aliphatic heterocycles. The maximum Gasteiger partial charge on any atom is 0.373 e. The minimum atomic E-state index is -1.07. The Balaban J connectivity index is 2.16. The molecule has 0 saturated carbocycles. The van der Waals surface area contributed by atoms with Gasteiger partial charge < -0.3 is 14.8 Å². The molecule has 0 radical (unpaired) electrons. The molecule has 1 fully saturated rings. The van der Waals surface area contributed by atoms with E-state index in [2.05, 4.69) is 10.3 Å². The van der Waals surface area contributed by atoms with E-state index in [0.717, 1.165) is 19.5 Å². The highest BCUT2D eigenvalue weighted by Crippen LogP contribution is 2.21. The van der Waals surface area contributed by atoms with Gasteiger partial charge in [-0.3, -0.25) is 0 Å². The first-order chi connectivity index (χ1) is 6.27. The largest absolute Gasteiger partial charge is 0.475 e. The van der Waals surface area contributed by atoms with Gasteiger partial charge in [-0.15, -0.1) is 0 Å². The molecule has 1 aromatic rings. The molecule has 0 amide bonds. The van der Waals surface area contributed by atoms with Gasteiger partial charge in [-0.1, -0.05) is 0 Å². The molecule has 0 spiro atoms. The van der Waals surface area contributed by atoms with E-state index in [1.165, 1.54) is 6.20 Å². The fourth-order valence-corrected chi connectivity index (χ4v) is 1.44. The highest BCUT2D eigenvalue weighted by Gasteiger charge is 2.22. The summed E-state index contributed by atoms with van der Waals surface area (Å²) in [5, 5.41) is 11.8. The quantitative estimate of drug-likeness (QED) is 0.694. The molecule has 2 heterocycles. The Labute approximate surface area is 74.8 Å². The maximum absolute atomic E-state index is 10.5. The summed E-state index contributed by atoms with van der Waals surface area (Å²) in [4.78, 5) is 14.4. The third-order valence-electron chi connectivity index (χ3n) is 2.14. The molecule has 70 valence electrons. The average molecular weight is 182 g/mol. The molecule has 5 nitrogen and oxygen atoms in total. The van der Waals surface area contributed by atoms with Crippen LogP contribution >= 0.6 is 0 Å². The van der Waals surface area contributed by atoms with Crippen LogP contribution in [0.15, 0.2) is 10.6 Å². The summed E-state index contributed by atoms with van der Waals surface area (Å²) >= 11 is 0. The van der Waals surface area contributed by atoms with Gasteiger partial charge in [-0.2, -0.15) is 0 Å². The number of aromatic nitrogens is 1. The summed E-state index contributed by atoms with van der Waals surface area (Å²) in [5.74, 6) is -0.387. The van der Waals surface area contributed by atoms with E-state index >= 15 is 0 Å². The smallest absolute Gasteiger partial charge is 0.373 e. The number of carboxylic acid groups (broad SMARTS) is 1. The zero-order valence-electron chi connectivity index (χ0n) is 6.99. The van der Waals surface area contributed by atoms with Gasteiger partial charge in [0.05, 0.1) is 6.20 Å². The van der Waals surface area contributed by atoms with Gasteiger partial charge in [0, 0.05) is 12.5 Å². The number of oxazole rings is 1. The number of carbonyl (C=O) groups is 1. The number of rotatable bonds is 2. The number of hydrogen-bond donors (Lipinski definition) is 2. The van der Waals surface area contributed by atoms with Crippen LogP contribution in [0.4, 0.5) is 0 Å². The summed E-state index contributed by atoms with van der Waals surface area (Å²) in [5.41, 5.74) is 0. The van der Waals surface area contributed by atoms with Crippen molar-refractivity contribution in [2.24, 2.45) is 0 Å². The Morgan fingerprint density at radius 1 is 1.77 bits per heavy atom. The predicted molar refractivity (Wildman–Crippen MR) is 43.7 cm³/mol. The van der Waals surface area contributed by atoms with Gasteiger partial charge >= 0.3 is 5.97 Å². The van der Waals surface area contributed by atoms with Crippen LogP contribution < -0.4 is 5.32 Å². The molecule has 0 bridgehead atoms. The number of hydrogen-bond acceptors (Lipinski definition) is 4. The van der Waals surface area contributed by atoms with Gasteiger partial charge in [0.1, 0.15) is 0 Å². The van der Waals surface area contributed by atoms with Gasteiger partial charge in [-0.25, -0.2) is 9.78 Å². The Morgan fingerprint density at radius 3 is 3.15 bits per heavy atom. The third-order valence-corrected chi connectivity index (χ3v) is 2.14. The van der Waals surface area contributed by atoms with Crippen molar-refractivity contribution in [2.45, 2.75) is 12.3 Å². The summed E-state index contributed by atoms with van der Waals surface area (Å²) in [7, 11) is 0. The first-order valence-corrected chi connectivity index (χ1v) is 4.17. The maximum atomic E-state index is 10.5. The Morgan fingerprint density at radius 2 is 2.62 bits per heavy atom. The molecule has 13 heavy (non-hydrogen) atoms. The number of aromatic carboxylic acids is 1. The number of carboxylic acids is 1. The second-order valence-electron chi connectivity index (χ2n) is 3.06. The van der Waals surface area contributed by atoms with Crippen LogP contribution in [0, 0.1) is 0 Å². The van der Waals surface area contributed by atoms with Crippen LogP contribution in [-0.2, 0) is 0 Å². The van der Waals surface area contributed by atoms with Crippen molar-refractivity contribution in [1.29, 1.82) is 0 Å². The third kappa shape index (κ3) is 1.55. The molecule has 1 atom stereocenters. The van der Waals surface area contributed by atoms with Crippen molar-refractivity contribution < 1.29 is 14.3 Å². The van der Waals surface area contributed by atoms with Crippen LogP contribution in [0.3, 0.4) is 0 Å². The topological polar surface area (TPSA) is 75.4 Å². The predicted octanol–water partition coefficient (Wildman–Crippen LogP) is 0.450. The van der Waals surface area contributed by atoms with Crippen molar-refractivity contribution in [1.82, 2.24) is 10.3 Å². The summed E-state index contributed by atoms with van der Waals surface area (Å²) in [6.45, 7) is 1.76. The van der Waals surface area contributed by atoms with E-state index in [9.17, 15) is 4.79 Å². The van der Waals surface area contributed by atoms with Crippen LogP contribution in [0.5, 0.6) is 0 Å². The van der Waals surface area contributed by atoms with Gasteiger partial charge in [0.2, 0.25) is 5.76 Å². The van der Waals surface area contributed by atoms with E-state index in [1.54, 1.807) is 0 Å². The van der Waals surface area contributed by atoms with Crippen molar-refractivity contribution >= 4 is 5.97 Å². The first-order valence-electron chi connectivity index (χ1n) is 4.17. The van der Waals surface area contributed by atoms with Crippen LogP contribution in [0.1, 0.15) is 28.8 Å². The SMILES string of the molecule is O=C(O)c1cnc(C2CCNC2)o1. The molecule has 5 heteroatoms. The zero-order valence-corrected chi connectivity index (χ0v) is 6.99. The Kier molecular flexibility index (Phi) is 2.02. The lowest BCUT2D eigenvalue weighted by Crippen LogP contribution is -2.08. The lowest BCUT2D eigenvalue weighted by Gasteiger charge is -2.00. The normalized spacial score (nSPS) is 22.0. The van der Waals surface area contributed by atoms with Crippen molar-refractivity contribution in [3.63, 3.8) is 0 Å². The molecular formula is C8H10N2O3. The molecule has 1 aromatic heterocycles. The molecule has 1 unspecified atom stereocenters. The van der Waals surface area contributed by atoms with Crippen molar-refractivity contribution in [3.05, 3.63) is 17.8 Å². The zero-order chi connectivity index (χ0) is 9.26. The summed E-state index contributed by atoms with van der Waals surface area (Å²) in [6, 6.07) is 0. The fraction of sp³-hybridized carbons (Fsp3) is 0.500. The number of nitrogens with one attached hydrogen (secondary N) is 1. The first kappa shape index (κ1) is 8.25. The van der Waals surface area contributed by atoms with E-state index in [0.29, 0.717) is 5.89 Å². The molecule has 2 rings (SSSR count). The minimum Gasteiger partial charge on any atom is -0.475 e. The molecule has 1 aliphatic rings. The highest BCUT2D eigenvalue weighted by molar-refractivity contribution is 5.83. The molecule has 0 aromatic carbocycles. The molecule has 0 aliphatic carbocycles. The second kappa shape index (κ2) is 3.18. The summed E-state index contributed by atoms with van der Waals surface area (Å²) < 4.78 is 5.08. The lowest BCUT2D eigenvalue weighted by molar-refractivity contribution is 0.0659. The molecule has 1 saturated heterocycles. The molecule has 2 N–H and O–H groups in total. The monoisotopic (exact) mass is 182 g/mol. The van der Waals surface area contributed by atoms with Gasteiger partial charge in [0.25, 0.3) is 0 Å². The van der Waals surface area contributed by atoms with E-state index < -0.39 is 5.97 Å². The fourth-order valence-electron chi connectivity index (χ4n) is 1.44. The highest BCUT2D eigenvalue weighted by atomic mass is 16.4. The summed E-state index contributed by atoms with van der Waals surface area (Å²) in [6.07, 6.45) is 2.22. The van der Waals surface area contributed by atoms with Crippen LogP contribution in [0.25, 0.3) is 0 Å². The minimum absolute atomic E-state index is 0.0816. The average Bonchev–Trinajstić information content (AvgIpc) is 2.75. The van der Waals surface area contributed by atoms with E-state index in [4.69, 9.17) is 9.52 Å². The Bertz CT molecular complexity index is 315. The number of nitrogens with zero attached hydrogens (tertiary/aromatic N) is 1. The standard InChI is InChI=1S/C8H10N2O3/c11-8(12)6-4-10-7(13-6)5-1-2-9-3-5/h4-5,9H,1-3H2,(H,11,12). The second-order valence-corrected chi connectivity index (χ2v) is 3.06. The lowest BCUT2D eigenvalue weighted by atomic mass is 10.1. The van der Waals surface area contributed by atoms with Crippen molar-refractivity contribution in [3.8, 4) is 0 Å².